The van der Waals surface area contributed by atoms with Gasteiger partial charge in [-0.25, -0.2) is 0 Å². The average molecular weight is 223 g/mol. The summed E-state index contributed by atoms with van der Waals surface area (Å²) >= 11 is 0. The van der Waals surface area contributed by atoms with Gasteiger partial charge in [0.15, 0.2) is 12.4 Å². The minimum Gasteiger partial charge on any atom is -0.463 e. The number of hydrogen-bond donors (Lipinski definition) is 0. The maximum absolute atomic E-state index is 11.8. The van der Waals surface area contributed by atoms with Crippen LogP contribution < -0.4 is 5.43 Å². The molecule has 0 aliphatic heterocycles. The third-order valence-corrected chi connectivity index (χ3v) is 2.19. The summed E-state index contributed by atoms with van der Waals surface area (Å²) in [7, 11) is 0. The summed E-state index contributed by atoms with van der Waals surface area (Å²) in [5.41, 5.74) is 0.460. The van der Waals surface area contributed by atoms with E-state index in [0.29, 0.717) is 17.4 Å². The molecule has 0 spiro atoms. The molecule has 0 unspecified atom stereocenters. The van der Waals surface area contributed by atoms with E-state index >= 15 is 0 Å². The van der Waals surface area contributed by atoms with Gasteiger partial charge in [0.05, 0.1) is 10.9 Å². The number of benzene rings is 1. The fourth-order valence-corrected chi connectivity index (χ4v) is 1.41. The van der Waals surface area contributed by atoms with Crippen molar-refractivity contribution in [2.24, 2.45) is 0 Å². The standard InChI is InChI=1S/C13H5NO3/c14-5-1-2-9-3-4-12-11(6-9)13(16)10(7-15)8-17-12/h3-4,6-8H. The molecular weight excluding hydrogens is 218 g/mol. The molecule has 1 aromatic heterocycles. The molecule has 4 heteroatoms. The molecule has 1 heterocycles. The van der Waals surface area contributed by atoms with Crippen LogP contribution in [0.25, 0.3) is 11.0 Å². The molecule has 0 radical (unpaired) electrons. The Hall–Kier alpha value is -2.85. The van der Waals surface area contributed by atoms with Gasteiger partial charge in [0.2, 0.25) is 5.43 Å². The number of carbonyl (C=O) groups is 1. The fourth-order valence-electron chi connectivity index (χ4n) is 1.41. The quantitative estimate of drug-likeness (QED) is 0.542. The highest BCUT2D eigenvalue weighted by Gasteiger charge is 2.06. The molecule has 4 nitrogen and oxygen atoms in total. The van der Waals surface area contributed by atoms with Crippen molar-refractivity contribution in [3.63, 3.8) is 0 Å². The van der Waals surface area contributed by atoms with Crippen LogP contribution in [0.5, 0.6) is 0 Å². The topological polar surface area (TPSA) is 71.1 Å². The fraction of sp³-hybridized carbons (Fsp3) is 0. The van der Waals surface area contributed by atoms with E-state index < -0.39 is 5.43 Å². The van der Waals surface area contributed by atoms with Crippen molar-refractivity contribution in [2.45, 2.75) is 0 Å². The average Bonchev–Trinajstić information content (AvgIpc) is 2.37. The Morgan fingerprint density at radius 3 is 2.88 bits per heavy atom. The third-order valence-electron chi connectivity index (χ3n) is 2.19. The summed E-state index contributed by atoms with van der Waals surface area (Å²) in [4.78, 5) is 22.4. The van der Waals surface area contributed by atoms with E-state index in [9.17, 15) is 9.59 Å². The SMILES string of the molecule is N#CC#Cc1ccc2occ(C=O)c(=O)c2c1. The zero-order chi connectivity index (χ0) is 12.3. The van der Waals surface area contributed by atoms with Gasteiger partial charge in [-0.15, -0.1) is 0 Å². The first-order valence-electron chi connectivity index (χ1n) is 4.67. The highest BCUT2D eigenvalue weighted by Crippen LogP contribution is 2.12. The largest absolute Gasteiger partial charge is 0.463 e. The van der Waals surface area contributed by atoms with Gasteiger partial charge >= 0.3 is 0 Å². The highest BCUT2D eigenvalue weighted by molar-refractivity contribution is 5.84. The van der Waals surface area contributed by atoms with Crippen molar-refractivity contribution >= 4 is 17.3 Å². The van der Waals surface area contributed by atoms with Gasteiger partial charge < -0.3 is 4.42 Å². The molecule has 0 amide bonds. The number of aldehydes is 1. The van der Waals surface area contributed by atoms with Crippen LogP contribution in [-0.4, -0.2) is 6.29 Å². The summed E-state index contributed by atoms with van der Waals surface area (Å²) in [6.07, 6.45) is 1.57. The minimum absolute atomic E-state index is 0.0390. The molecule has 0 aliphatic carbocycles. The van der Waals surface area contributed by atoms with Crippen molar-refractivity contribution in [1.82, 2.24) is 0 Å². The number of nitriles is 1. The minimum atomic E-state index is -0.401. The maximum Gasteiger partial charge on any atom is 0.203 e. The number of hydrogen-bond acceptors (Lipinski definition) is 4. The van der Waals surface area contributed by atoms with E-state index in [2.05, 4.69) is 11.8 Å². The summed E-state index contributed by atoms with van der Waals surface area (Å²) in [6.45, 7) is 0. The normalized spacial score (nSPS) is 9.12. The molecule has 2 aromatic rings. The van der Waals surface area contributed by atoms with Crippen LogP contribution in [-0.2, 0) is 0 Å². The zero-order valence-corrected chi connectivity index (χ0v) is 8.56. The highest BCUT2D eigenvalue weighted by atomic mass is 16.3. The van der Waals surface area contributed by atoms with Gasteiger partial charge in [-0.3, -0.25) is 9.59 Å². The van der Waals surface area contributed by atoms with Crippen molar-refractivity contribution in [2.75, 3.05) is 0 Å². The first kappa shape index (κ1) is 10.7. The van der Waals surface area contributed by atoms with Crippen LogP contribution in [0.3, 0.4) is 0 Å². The van der Waals surface area contributed by atoms with E-state index in [0.717, 1.165) is 6.26 Å². The van der Waals surface area contributed by atoms with E-state index in [1.807, 2.05) is 0 Å². The lowest BCUT2D eigenvalue weighted by Crippen LogP contribution is -2.07. The van der Waals surface area contributed by atoms with Crippen molar-refractivity contribution < 1.29 is 9.21 Å². The van der Waals surface area contributed by atoms with E-state index in [1.165, 1.54) is 6.07 Å². The molecule has 2 rings (SSSR count). The van der Waals surface area contributed by atoms with Gasteiger partial charge in [0.1, 0.15) is 11.8 Å². The first-order valence-corrected chi connectivity index (χ1v) is 4.67. The summed E-state index contributed by atoms with van der Waals surface area (Å²) < 4.78 is 5.13. The lowest BCUT2D eigenvalue weighted by Gasteiger charge is -1.97. The number of carbonyl (C=O) groups excluding carboxylic acids is 1. The second-order valence-corrected chi connectivity index (χ2v) is 3.21. The Morgan fingerprint density at radius 2 is 2.18 bits per heavy atom. The molecule has 0 saturated carbocycles. The molecule has 80 valence electrons. The Kier molecular flexibility index (Phi) is 2.72. The number of rotatable bonds is 1. The Labute approximate surface area is 96.1 Å². The Morgan fingerprint density at radius 1 is 1.35 bits per heavy atom. The maximum atomic E-state index is 11.8. The van der Waals surface area contributed by atoms with Gasteiger partial charge in [0, 0.05) is 11.5 Å². The van der Waals surface area contributed by atoms with Gasteiger partial charge in [0.25, 0.3) is 0 Å². The van der Waals surface area contributed by atoms with Crippen molar-refractivity contribution in [3.05, 3.63) is 45.8 Å². The second-order valence-electron chi connectivity index (χ2n) is 3.21. The molecular formula is C13H5NO3. The van der Waals surface area contributed by atoms with Crippen LogP contribution in [0.2, 0.25) is 0 Å². The van der Waals surface area contributed by atoms with Crippen LogP contribution in [0.1, 0.15) is 15.9 Å². The van der Waals surface area contributed by atoms with Crippen LogP contribution in [0.4, 0.5) is 0 Å². The predicted molar refractivity (Wildman–Crippen MR) is 60.4 cm³/mol. The smallest absolute Gasteiger partial charge is 0.203 e. The van der Waals surface area contributed by atoms with Crippen LogP contribution in [0, 0.1) is 23.2 Å². The van der Waals surface area contributed by atoms with Crippen LogP contribution >= 0.6 is 0 Å². The summed E-state index contributed by atoms with van der Waals surface area (Å²) in [6, 6.07) is 6.39. The molecule has 0 atom stereocenters. The second kappa shape index (κ2) is 4.34. The molecule has 0 aliphatic rings. The van der Waals surface area contributed by atoms with Crippen LogP contribution in [0.15, 0.2) is 33.7 Å². The Bertz CT molecular complexity index is 754. The Balaban J connectivity index is 2.76. The lowest BCUT2D eigenvalue weighted by molar-refractivity contribution is 0.112. The summed E-state index contributed by atoms with van der Waals surface area (Å²) in [5, 5.41) is 8.60. The van der Waals surface area contributed by atoms with Gasteiger partial charge in [-0.05, 0) is 18.2 Å². The molecule has 0 fully saturated rings. The molecule has 1 aromatic carbocycles. The first-order chi connectivity index (χ1) is 8.26. The van der Waals surface area contributed by atoms with Gasteiger partial charge in [-0.1, -0.05) is 5.92 Å². The molecule has 17 heavy (non-hydrogen) atoms. The number of fused-ring (bicyclic) bond motifs is 1. The third kappa shape index (κ3) is 1.92. The van der Waals surface area contributed by atoms with Crippen molar-refractivity contribution in [1.29, 1.82) is 5.26 Å². The zero-order valence-electron chi connectivity index (χ0n) is 8.56. The number of nitrogens with zero attached hydrogens (tertiary/aromatic N) is 1. The van der Waals surface area contributed by atoms with E-state index in [1.54, 1.807) is 18.2 Å². The van der Waals surface area contributed by atoms with Crippen molar-refractivity contribution in [3.8, 4) is 17.9 Å². The van der Waals surface area contributed by atoms with E-state index in [4.69, 9.17) is 9.68 Å². The molecule has 0 N–H and O–H groups in total. The molecule has 0 saturated heterocycles. The summed E-state index contributed by atoms with van der Waals surface area (Å²) in [5.74, 6) is 4.80. The van der Waals surface area contributed by atoms with E-state index in [-0.39, 0.29) is 10.9 Å². The monoisotopic (exact) mass is 223 g/mol. The molecule has 0 bridgehead atoms. The van der Waals surface area contributed by atoms with Gasteiger partial charge in [-0.2, -0.15) is 5.26 Å². The predicted octanol–water partition coefficient (Wildman–Crippen LogP) is 1.48. The lowest BCUT2D eigenvalue weighted by atomic mass is 10.1.